The highest BCUT2D eigenvalue weighted by atomic mass is 16.5. The Bertz CT molecular complexity index is 609. The van der Waals surface area contributed by atoms with Crippen LogP contribution in [0.1, 0.15) is 36.5 Å². The van der Waals surface area contributed by atoms with Gasteiger partial charge in [-0.25, -0.2) is 9.97 Å². The molecule has 0 atom stereocenters. The first kappa shape index (κ1) is 14.3. The topological polar surface area (TPSA) is 47.0 Å². The second-order valence-corrected chi connectivity index (χ2v) is 5.22. The summed E-state index contributed by atoms with van der Waals surface area (Å²) in [5.41, 5.74) is 3.26. The van der Waals surface area contributed by atoms with E-state index in [0.717, 1.165) is 22.7 Å². The molecule has 4 nitrogen and oxygen atoms in total. The zero-order chi connectivity index (χ0) is 14.7. The van der Waals surface area contributed by atoms with Crippen molar-refractivity contribution in [3.63, 3.8) is 0 Å². The van der Waals surface area contributed by atoms with Gasteiger partial charge in [-0.1, -0.05) is 26.0 Å². The summed E-state index contributed by atoms with van der Waals surface area (Å²) >= 11 is 0. The highest BCUT2D eigenvalue weighted by Crippen LogP contribution is 2.34. The van der Waals surface area contributed by atoms with E-state index in [9.17, 15) is 0 Å². The summed E-state index contributed by atoms with van der Waals surface area (Å²) in [6, 6.07) is 6.16. The second kappa shape index (κ2) is 5.90. The van der Waals surface area contributed by atoms with Crippen molar-refractivity contribution in [1.29, 1.82) is 0 Å². The molecule has 20 heavy (non-hydrogen) atoms. The molecule has 2 aromatic rings. The van der Waals surface area contributed by atoms with Gasteiger partial charge in [-0.15, -0.1) is 0 Å². The minimum absolute atomic E-state index is 0.277. The molecule has 0 aliphatic rings. The van der Waals surface area contributed by atoms with Crippen molar-refractivity contribution in [3.05, 3.63) is 41.2 Å². The number of ether oxygens (including phenoxy) is 1. The molecule has 0 unspecified atom stereocenters. The Hall–Kier alpha value is -2.10. The van der Waals surface area contributed by atoms with Gasteiger partial charge in [0.1, 0.15) is 17.9 Å². The number of hydrogen-bond donors (Lipinski definition) is 1. The molecule has 0 saturated carbocycles. The number of anilines is 1. The standard InChI is InChI=1S/C16H21N3O/c1-10(2)14-15(17-5)18-9-19-16(14)20-13-8-11(3)6-7-12(13)4/h6-10H,1-5H3,(H,17,18,19). The van der Waals surface area contributed by atoms with Crippen LogP contribution >= 0.6 is 0 Å². The first-order valence-electron chi connectivity index (χ1n) is 6.80. The number of rotatable bonds is 4. The Kier molecular flexibility index (Phi) is 4.23. The van der Waals surface area contributed by atoms with Gasteiger partial charge in [-0.2, -0.15) is 0 Å². The molecule has 0 fully saturated rings. The van der Waals surface area contributed by atoms with Crippen LogP contribution < -0.4 is 10.1 Å². The predicted molar refractivity (Wildman–Crippen MR) is 81.7 cm³/mol. The van der Waals surface area contributed by atoms with Crippen LogP contribution in [0.25, 0.3) is 0 Å². The summed E-state index contributed by atoms with van der Waals surface area (Å²) in [5.74, 6) is 2.55. The van der Waals surface area contributed by atoms with E-state index in [0.29, 0.717) is 5.88 Å². The lowest BCUT2D eigenvalue weighted by Crippen LogP contribution is -2.05. The van der Waals surface area contributed by atoms with Gasteiger partial charge in [-0.05, 0) is 37.0 Å². The number of aryl methyl sites for hydroxylation is 2. The SMILES string of the molecule is CNc1ncnc(Oc2cc(C)ccc2C)c1C(C)C. The average molecular weight is 271 g/mol. The second-order valence-electron chi connectivity index (χ2n) is 5.22. The first-order chi connectivity index (χ1) is 9.52. The van der Waals surface area contributed by atoms with Crippen molar-refractivity contribution in [3.8, 4) is 11.6 Å². The molecule has 0 saturated heterocycles. The molecule has 0 spiro atoms. The fraction of sp³-hybridized carbons (Fsp3) is 0.375. The molecule has 0 bridgehead atoms. The van der Waals surface area contributed by atoms with E-state index in [2.05, 4.69) is 48.2 Å². The van der Waals surface area contributed by atoms with Gasteiger partial charge in [0.15, 0.2) is 0 Å². The van der Waals surface area contributed by atoms with Crippen LogP contribution in [0, 0.1) is 13.8 Å². The van der Waals surface area contributed by atoms with Gasteiger partial charge in [0.25, 0.3) is 0 Å². The van der Waals surface area contributed by atoms with Gasteiger partial charge >= 0.3 is 0 Å². The van der Waals surface area contributed by atoms with E-state index in [4.69, 9.17) is 4.74 Å². The number of nitrogens with zero attached hydrogens (tertiary/aromatic N) is 2. The quantitative estimate of drug-likeness (QED) is 0.911. The maximum Gasteiger partial charge on any atom is 0.227 e. The molecule has 0 radical (unpaired) electrons. The van der Waals surface area contributed by atoms with E-state index < -0.39 is 0 Å². The van der Waals surface area contributed by atoms with Gasteiger partial charge in [-0.3, -0.25) is 0 Å². The molecule has 1 heterocycles. The number of nitrogens with one attached hydrogen (secondary N) is 1. The summed E-state index contributed by atoms with van der Waals surface area (Å²) in [6.45, 7) is 8.30. The molecule has 0 aliphatic carbocycles. The van der Waals surface area contributed by atoms with Crippen molar-refractivity contribution >= 4 is 5.82 Å². The summed E-state index contributed by atoms with van der Waals surface area (Å²) in [7, 11) is 1.86. The van der Waals surface area contributed by atoms with Crippen LogP contribution in [0.3, 0.4) is 0 Å². The van der Waals surface area contributed by atoms with Gasteiger partial charge < -0.3 is 10.1 Å². The van der Waals surface area contributed by atoms with Crippen LogP contribution in [-0.4, -0.2) is 17.0 Å². The normalized spacial score (nSPS) is 10.7. The van der Waals surface area contributed by atoms with E-state index in [1.54, 1.807) is 0 Å². The maximum atomic E-state index is 6.03. The lowest BCUT2D eigenvalue weighted by molar-refractivity contribution is 0.448. The zero-order valence-electron chi connectivity index (χ0n) is 12.7. The molecule has 0 amide bonds. The van der Waals surface area contributed by atoms with E-state index in [1.807, 2.05) is 20.0 Å². The number of aromatic nitrogens is 2. The summed E-state index contributed by atoms with van der Waals surface area (Å²) < 4.78 is 6.03. The Balaban J connectivity index is 2.45. The van der Waals surface area contributed by atoms with Crippen LogP contribution in [0.5, 0.6) is 11.6 Å². The third-order valence-corrected chi connectivity index (χ3v) is 3.21. The van der Waals surface area contributed by atoms with Crippen molar-refractivity contribution in [2.45, 2.75) is 33.6 Å². The summed E-state index contributed by atoms with van der Waals surface area (Å²) in [4.78, 5) is 8.56. The Morgan fingerprint density at radius 3 is 2.55 bits per heavy atom. The molecule has 1 aromatic carbocycles. The fourth-order valence-corrected chi connectivity index (χ4v) is 2.10. The minimum atomic E-state index is 0.277. The zero-order valence-corrected chi connectivity index (χ0v) is 12.7. The van der Waals surface area contributed by atoms with Crippen molar-refractivity contribution in [2.75, 3.05) is 12.4 Å². The third kappa shape index (κ3) is 2.90. The van der Waals surface area contributed by atoms with E-state index in [1.165, 1.54) is 11.9 Å². The summed E-state index contributed by atoms with van der Waals surface area (Å²) in [5, 5.41) is 3.10. The Morgan fingerprint density at radius 2 is 1.90 bits per heavy atom. The van der Waals surface area contributed by atoms with Gasteiger partial charge in [0.05, 0.1) is 5.56 Å². The van der Waals surface area contributed by atoms with Crippen LogP contribution in [0.4, 0.5) is 5.82 Å². The van der Waals surface area contributed by atoms with Crippen molar-refractivity contribution in [2.24, 2.45) is 0 Å². The molecule has 4 heteroatoms. The Labute approximate surface area is 120 Å². The lowest BCUT2D eigenvalue weighted by Gasteiger charge is -2.16. The molecule has 2 rings (SSSR count). The third-order valence-electron chi connectivity index (χ3n) is 3.21. The van der Waals surface area contributed by atoms with E-state index in [-0.39, 0.29) is 5.92 Å². The van der Waals surface area contributed by atoms with Crippen LogP contribution in [0.2, 0.25) is 0 Å². The summed E-state index contributed by atoms with van der Waals surface area (Å²) in [6.07, 6.45) is 1.53. The number of benzene rings is 1. The molecule has 1 aromatic heterocycles. The Morgan fingerprint density at radius 1 is 1.15 bits per heavy atom. The predicted octanol–water partition coefficient (Wildman–Crippen LogP) is 4.05. The van der Waals surface area contributed by atoms with Crippen molar-refractivity contribution in [1.82, 2.24) is 9.97 Å². The van der Waals surface area contributed by atoms with Crippen LogP contribution in [-0.2, 0) is 0 Å². The van der Waals surface area contributed by atoms with Crippen molar-refractivity contribution < 1.29 is 4.74 Å². The smallest absolute Gasteiger partial charge is 0.227 e. The molecule has 1 N–H and O–H groups in total. The monoisotopic (exact) mass is 271 g/mol. The molecule has 106 valence electrons. The number of hydrogen-bond acceptors (Lipinski definition) is 4. The minimum Gasteiger partial charge on any atom is -0.438 e. The largest absolute Gasteiger partial charge is 0.438 e. The highest BCUT2D eigenvalue weighted by Gasteiger charge is 2.16. The van der Waals surface area contributed by atoms with Gasteiger partial charge in [0.2, 0.25) is 5.88 Å². The average Bonchev–Trinajstić information content (AvgIpc) is 2.42. The first-order valence-corrected chi connectivity index (χ1v) is 6.80. The molecular weight excluding hydrogens is 250 g/mol. The molecule has 0 aliphatic heterocycles. The highest BCUT2D eigenvalue weighted by molar-refractivity contribution is 5.51. The fourth-order valence-electron chi connectivity index (χ4n) is 2.10. The molecular formula is C16H21N3O. The van der Waals surface area contributed by atoms with E-state index >= 15 is 0 Å². The van der Waals surface area contributed by atoms with Gasteiger partial charge in [0, 0.05) is 7.05 Å². The lowest BCUT2D eigenvalue weighted by atomic mass is 10.1. The van der Waals surface area contributed by atoms with Crippen LogP contribution in [0.15, 0.2) is 24.5 Å². The maximum absolute atomic E-state index is 6.03.